The molecule has 0 atom stereocenters. The van der Waals surface area contributed by atoms with Gasteiger partial charge >= 0.3 is 0 Å². The first-order valence-electron chi connectivity index (χ1n) is 5.91. The molecule has 0 saturated heterocycles. The summed E-state index contributed by atoms with van der Waals surface area (Å²) in [6.07, 6.45) is 3.06. The van der Waals surface area contributed by atoms with Crippen molar-refractivity contribution in [3.63, 3.8) is 0 Å². The Hall–Kier alpha value is -2.40. The standard InChI is InChI=1S/C14H16N4O/c1-9-3-4-11(7-10(9)2)17-14(19)12-5-6-16-8-13(12)18-15/h3-8,18H,15H2,1-2H3,(H,17,19). The van der Waals surface area contributed by atoms with E-state index in [4.69, 9.17) is 5.84 Å². The summed E-state index contributed by atoms with van der Waals surface area (Å²) in [7, 11) is 0. The van der Waals surface area contributed by atoms with Crippen LogP contribution in [0.25, 0.3) is 0 Å². The van der Waals surface area contributed by atoms with Gasteiger partial charge in [0, 0.05) is 11.9 Å². The van der Waals surface area contributed by atoms with Gasteiger partial charge in [-0.05, 0) is 43.2 Å². The fourth-order valence-electron chi connectivity index (χ4n) is 1.73. The number of anilines is 2. The van der Waals surface area contributed by atoms with E-state index in [1.807, 2.05) is 32.0 Å². The number of rotatable bonds is 3. The van der Waals surface area contributed by atoms with Crippen LogP contribution in [0.1, 0.15) is 21.5 Å². The Kier molecular flexibility index (Phi) is 3.77. The molecule has 0 unspecified atom stereocenters. The summed E-state index contributed by atoms with van der Waals surface area (Å²) in [4.78, 5) is 16.1. The van der Waals surface area contributed by atoms with Gasteiger partial charge in [-0.15, -0.1) is 0 Å². The second kappa shape index (κ2) is 5.49. The zero-order chi connectivity index (χ0) is 13.8. The van der Waals surface area contributed by atoms with E-state index in [-0.39, 0.29) is 5.91 Å². The lowest BCUT2D eigenvalue weighted by Crippen LogP contribution is -2.17. The summed E-state index contributed by atoms with van der Waals surface area (Å²) in [5.74, 6) is 5.13. The number of nitrogen functional groups attached to an aromatic ring is 1. The van der Waals surface area contributed by atoms with E-state index in [9.17, 15) is 4.79 Å². The van der Waals surface area contributed by atoms with Crippen molar-refractivity contribution in [1.29, 1.82) is 0 Å². The van der Waals surface area contributed by atoms with Crippen LogP contribution in [0, 0.1) is 13.8 Å². The Morgan fingerprint density at radius 3 is 2.68 bits per heavy atom. The molecule has 1 aromatic heterocycles. The fourth-order valence-corrected chi connectivity index (χ4v) is 1.73. The average Bonchev–Trinajstić information content (AvgIpc) is 2.43. The third-order valence-corrected chi connectivity index (χ3v) is 2.99. The number of amides is 1. The first-order valence-corrected chi connectivity index (χ1v) is 5.91. The second-order valence-corrected chi connectivity index (χ2v) is 4.32. The van der Waals surface area contributed by atoms with Crippen LogP contribution < -0.4 is 16.6 Å². The largest absolute Gasteiger partial charge is 0.322 e. The maximum Gasteiger partial charge on any atom is 0.257 e. The van der Waals surface area contributed by atoms with Crippen molar-refractivity contribution >= 4 is 17.3 Å². The van der Waals surface area contributed by atoms with Gasteiger partial charge in [0.15, 0.2) is 0 Å². The smallest absolute Gasteiger partial charge is 0.257 e. The van der Waals surface area contributed by atoms with Crippen LogP contribution in [-0.4, -0.2) is 10.9 Å². The van der Waals surface area contributed by atoms with Gasteiger partial charge in [-0.25, -0.2) is 0 Å². The van der Waals surface area contributed by atoms with E-state index in [1.165, 1.54) is 11.8 Å². The predicted molar refractivity (Wildman–Crippen MR) is 75.9 cm³/mol. The van der Waals surface area contributed by atoms with Crippen molar-refractivity contribution in [2.45, 2.75) is 13.8 Å². The number of aryl methyl sites for hydroxylation is 2. The molecule has 19 heavy (non-hydrogen) atoms. The molecule has 1 amide bonds. The van der Waals surface area contributed by atoms with E-state index in [0.29, 0.717) is 11.3 Å². The van der Waals surface area contributed by atoms with E-state index >= 15 is 0 Å². The Balaban J connectivity index is 2.23. The Labute approximate surface area is 111 Å². The molecular weight excluding hydrogens is 240 g/mol. The van der Waals surface area contributed by atoms with Gasteiger partial charge in [-0.3, -0.25) is 15.6 Å². The topological polar surface area (TPSA) is 80.0 Å². The summed E-state index contributed by atoms with van der Waals surface area (Å²) in [5, 5.41) is 2.84. The third kappa shape index (κ3) is 2.89. The SMILES string of the molecule is Cc1ccc(NC(=O)c2ccncc2NN)cc1C. The number of carbonyl (C=O) groups is 1. The van der Waals surface area contributed by atoms with Crippen LogP contribution in [0.15, 0.2) is 36.7 Å². The fraction of sp³-hybridized carbons (Fsp3) is 0.143. The number of hydrogen-bond acceptors (Lipinski definition) is 4. The maximum absolute atomic E-state index is 12.2. The van der Waals surface area contributed by atoms with Crippen LogP contribution in [0.2, 0.25) is 0 Å². The van der Waals surface area contributed by atoms with Crippen molar-refractivity contribution in [1.82, 2.24) is 4.98 Å². The Morgan fingerprint density at radius 2 is 2.00 bits per heavy atom. The molecule has 5 heteroatoms. The third-order valence-electron chi connectivity index (χ3n) is 2.99. The maximum atomic E-state index is 12.2. The van der Waals surface area contributed by atoms with Gasteiger partial charge in [0.1, 0.15) is 0 Å². The van der Waals surface area contributed by atoms with Gasteiger partial charge in [-0.2, -0.15) is 0 Å². The Morgan fingerprint density at radius 1 is 1.21 bits per heavy atom. The van der Waals surface area contributed by atoms with E-state index < -0.39 is 0 Å². The van der Waals surface area contributed by atoms with E-state index in [1.54, 1.807) is 12.3 Å². The number of hydrazine groups is 1. The van der Waals surface area contributed by atoms with E-state index in [0.717, 1.165) is 11.3 Å². The molecule has 0 aliphatic carbocycles. The number of pyridine rings is 1. The summed E-state index contributed by atoms with van der Waals surface area (Å²) < 4.78 is 0. The number of benzene rings is 1. The first kappa shape index (κ1) is 13.0. The minimum atomic E-state index is -0.224. The molecule has 2 rings (SSSR count). The van der Waals surface area contributed by atoms with Crippen molar-refractivity contribution in [2.75, 3.05) is 10.7 Å². The van der Waals surface area contributed by atoms with Gasteiger partial charge in [0.05, 0.1) is 17.4 Å². The lowest BCUT2D eigenvalue weighted by molar-refractivity contribution is 0.102. The summed E-state index contributed by atoms with van der Waals surface area (Å²) >= 11 is 0. The molecule has 0 saturated carbocycles. The lowest BCUT2D eigenvalue weighted by atomic mass is 10.1. The molecular formula is C14H16N4O. The highest BCUT2D eigenvalue weighted by molar-refractivity contribution is 6.07. The van der Waals surface area contributed by atoms with Crippen LogP contribution in [0.3, 0.4) is 0 Å². The highest BCUT2D eigenvalue weighted by Gasteiger charge is 2.11. The number of hydrogen-bond donors (Lipinski definition) is 3. The molecule has 0 bridgehead atoms. The number of aromatic nitrogens is 1. The van der Waals surface area contributed by atoms with Crippen LogP contribution in [-0.2, 0) is 0 Å². The lowest BCUT2D eigenvalue weighted by Gasteiger charge is -2.10. The predicted octanol–water partition coefficient (Wildman–Crippen LogP) is 2.24. The van der Waals surface area contributed by atoms with Crippen molar-refractivity contribution in [3.8, 4) is 0 Å². The Bertz CT molecular complexity index is 610. The number of nitrogens with two attached hydrogens (primary N) is 1. The molecule has 2 aromatic rings. The van der Waals surface area contributed by atoms with Crippen molar-refractivity contribution in [3.05, 3.63) is 53.3 Å². The molecule has 0 spiro atoms. The minimum absolute atomic E-state index is 0.224. The molecule has 5 nitrogen and oxygen atoms in total. The molecule has 4 N–H and O–H groups in total. The van der Waals surface area contributed by atoms with Crippen LogP contribution in [0.5, 0.6) is 0 Å². The molecule has 1 heterocycles. The van der Waals surface area contributed by atoms with Crippen molar-refractivity contribution < 1.29 is 4.79 Å². The highest BCUT2D eigenvalue weighted by atomic mass is 16.1. The molecule has 0 aliphatic rings. The molecule has 0 fully saturated rings. The number of nitrogens with one attached hydrogen (secondary N) is 2. The number of nitrogens with zero attached hydrogens (tertiary/aromatic N) is 1. The van der Waals surface area contributed by atoms with Gasteiger partial charge in [-0.1, -0.05) is 6.07 Å². The normalized spacial score (nSPS) is 10.1. The minimum Gasteiger partial charge on any atom is -0.322 e. The van der Waals surface area contributed by atoms with Gasteiger partial charge in [0.25, 0.3) is 5.91 Å². The van der Waals surface area contributed by atoms with Gasteiger partial charge < -0.3 is 10.7 Å². The average molecular weight is 256 g/mol. The molecule has 0 aliphatic heterocycles. The second-order valence-electron chi connectivity index (χ2n) is 4.32. The zero-order valence-corrected chi connectivity index (χ0v) is 10.9. The summed E-state index contributed by atoms with van der Waals surface area (Å²) in [6, 6.07) is 7.39. The van der Waals surface area contributed by atoms with Gasteiger partial charge in [0.2, 0.25) is 0 Å². The van der Waals surface area contributed by atoms with Crippen LogP contribution in [0.4, 0.5) is 11.4 Å². The van der Waals surface area contributed by atoms with E-state index in [2.05, 4.69) is 15.7 Å². The summed E-state index contributed by atoms with van der Waals surface area (Å²) in [6.45, 7) is 4.03. The van der Waals surface area contributed by atoms with Crippen LogP contribution >= 0.6 is 0 Å². The molecule has 1 aromatic carbocycles. The van der Waals surface area contributed by atoms with Crippen molar-refractivity contribution in [2.24, 2.45) is 5.84 Å². The molecule has 0 radical (unpaired) electrons. The zero-order valence-electron chi connectivity index (χ0n) is 10.9. The monoisotopic (exact) mass is 256 g/mol. The quantitative estimate of drug-likeness (QED) is 0.581. The summed E-state index contributed by atoms with van der Waals surface area (Å²) in [5.41, 5.74) is 6.48. The first-order chi connectivity index (χ1) is 9.11. The highest BCUT2D eigenvalue weighted by Crippen LogP contribution is 2.17. The molecule has 98 valence electrons. The number of carbonyl (C=O) groups excluding carboxylic acids is 1.